The minimum absolute atomic E-state index is 0.345. The van der Waals surface area contributed by atoms with Gasteiger partial charge in [-0.2, -0.15) is 0 Å². The highest BCUT2D eigenvalue weighted by atomic mass is 35.5. The van der Waals surface area contributed by atoms with Crippen LogP contribution in [0.5, 0.6) is 5.75 Å². The number of carbonyl (C=O) groups excluding carboxylic acids is 2. The molecule has 2 aromatic carbocycles. The lowest BCUT2D eigenvalue weighted by Crippen LogP contribution is -2.40. The molecule has 0 fully saturated rings. The van der Waals surface area contributed by atoms with Crippen LogP contribution in [0, 0.1) is 30.5 Å². The van der Waals surface area contributed by atoms with Gasteiger partial charge < -0.3 is 9.47 Å². The molecular weight excluding hydrogens is 395 g/mol. The van der Waals surface area contributed by atoms with Crippen LogP contribution in [0.3, 0.4) is 0 Å². The second kappa shape index (κ2) is 7.88. The summed E-state index contributed by atoms with van der Waals surface area (Å²) in [7, 11) is 0. The SMILES string of the molecule is Cc1cc(Cl)cc2c1OC(=O)[C@@H](C(=O)OC(C)(C)C)[C@@H]2C#Cc1ccc(F)cc1. The molecule has 0 unspecified atom stereocenters. The molecule has 0 radical (unpaired) electrons. The normalized spacial score (nSPS) is 18.2. The molecule has 0 saturated carbocycles. The molecule has 0 spiro atoms. The van der Waals surface area contributed by atoms with Gasteiger partial charge in [0.15, 0.2) is 5.92 Å². The highest BCUT2D eigenvalue weighted by Crippen LogP contribution is 2.42. The maximum atomic E-state index is 13.2. The van der Waals surface area contributed by atoms with Crippen LogP contribution >= 0.6 is 11.6 Å². The van der Waals surface area contributed by atoms with E-state index in [0.29, 0.717) is 27.5 Å². The molecule has 0 aromatic heterocycles. The number of benzene rings is 2. The standard InChI is InChI=1S/C23H20ClFO4/c1-13-11-15(24)12-18-17(10-7-14-5-8-16(25)9-6-14)19(21(26)28-20(13)18)22(27)29-23(2,3)4/h5-6,8-9,11-12,17,19H,1-4H3/t17-,19+/m1/s1. The first-order valence-corrected chi connectivity index (χ1v) is 9.44. The zero-order valence-corrected chi connectivity index (χ0v) is 17.3. The van der Waals surface area contributed by atoms with Crippen molar-refractivity contribution in [1.82, 2.24) is 0 Å². The molecular formula is C23H20ClFO4. The largest absolute Gasteiger partial charge is 0.459 e. The van der Waals surface area contributed by atoms with E-state index < -0.39 is 29.4 Å². The number of fused-ring (bicyclic) bond motifs is 1. The van der Waals surface area contributed by atoms with Gasteiger partial charge in [0, 0.05) is 16.1 Å². The van der Waals surface area contributed by atoms with Gasteiger partial charge in [0.2, 0.25) is 0 Å². The van der Waals surface area contributed by atoms with Crippen molar-refractivity contribution in [2.45, 2.75) is 39.2 Å². The molecule has 29 heavy (non-hydrogen) atoms. The zero-order valence-electron chi connectivity index (χ0n) is 16.5. The molecule has 0 aliphatic carbocycles. The molecule has 0 saturated heterocycles. The summed E-state index contributed by atoms with van der Waals surface area (Å²) in [6, 6.07) is 8.94. The van der Waals surface area contributed by atoms with Gasteiger partial charge in [-0.3, -0.25) is 9.59 Å². The van der Waals surface area contributed by atoms with Gasteiger partial charge in [-0.05, 0) is 69.7 Å². The van der Waals surface area contributed by atoms with Crippen molar-refractivity contribution in [3.63, 3.8) is 0 Å². The Kier molecular flexibility index (Phi) is 5.68. The van der Waals surface area contributed by atoms with Crippen LogP contribution in [0.15, 0.2) is 36.4 Å². The lowest BCUT2D eigenvalue weighted by molar-refractivity contribution is -0.167. The highest BCUT2D eigenvalue weighted by Gasteiger charge is 2.45. The lowest BCUT2D eigenvalue weighted by atomic mass is 9.82. The Hall–Kier alpha value is -2.84. The van der Waals surface area contributed by atoms with Crippen molar-refractivity contribution in [2.24, 2.45) is 5.92 Å². The van der Waals surface area contributed by atoms with Gasteiger partial charge >= 0.3 is 11.9 Å². The van der Waals surface area contributed by atoms with Crippen molar-refractivity contribution in [3.05, 3.63) is 63.9 Å². The van der Waals surface area contributed by atoms with E-state index in [1.54, 1.807) is 39.8 Å². The fourth-order valence-corrected chi connectivity index (χ4v) is 3.34. The fraction of sp³-hybridized carbons (Fsp3) is 0.304. The van der Waals surface area contributed by atoms with E-state index in [1.165, 1.54) is 24.3 Å². The van der Waals surface area contributed by atoms with Gasteiger partial charge in [-0.25, -0.2) is 4.39 Å². The van der Waals surface area contributed by atoms with Crippen LogP contribution in [0.2, 0.25) is 5.02 Å². The Labute approximate surface area is 174 Å². The van der Waals surface area contributed by atoms with E-state index in [0.717, 1.165) is 0 Å². The topological polar surface area (TPSA) is 52.6 Å². The molecule has 6 heteroatoms. The molecule has 1 heterocycles. The summed E-state index contributed by atoms with van der Waals surface area (Å²) in [6.45, 7) is 6.91. The maximum absolute atomic E-state index is 13.2. The summed E-state index contributed by atoms with van der Waals surface area (Å²) in [6.07, 6.45) is 0. The number of halogens is 2. The van der Waals surface area contributed by atoms with E-state index >= 15 is 0 Å². The van der Waals surface area contributed by atoms with Gasteiger partial charge in [-0.1, -0.05) is 23.4 Å². The molecule has 1 aliphatic rings. The third-order valence-electron chi connectivity index (χ3n) is 4.27. The minimum atomic E-state index is -1.26. The smallest absolute Gasteiger partial charge is 0.327 e. The van der Waals surface area contributed by atoms with E-state index in [9.17, 15) is 14.0 Å². The van der Waals surface area contributed by atoms with Crippen LogP contribution in [0.1, 0.15) is 43.4 Å². The van der Waals surface area contributed by atoms with E-state index in [4.69, 9.17) is 21.1 Å². The first-order chi connectivity index (χ1) is 13.5. The summed E-state index contributed by atoms with van der Waals surface area (Å²) < 4.78 is 24.0. The predicted octanol–water partition coefficient (Wildman–Crippen LogP) is 4.80. The third kappa shape index (κ3) is 4.78. The second-order valence-corrected chi connectivity index (χ2v) is 8.26. The highest BCUT2D eigenvalue weighted by molar-refractivity contribution is 6.30. The van der Waals surface area contributed by atoms with Crippen LogP contribution in [0.4, 0.5) is 4.39 Å². The van der Waals surface area contributed by atoms with Crippen LogP contribution in [-0.2, 0) is 14.3 Å². The first-order valence-electron chi connectivity index (χ1n) is 9.07. The maximum Gasteiger partial charge on any atom is 0.327 e. The van der Waals surface area contributed by atoms with Gasteiger partial charge in [-0.15, -0.1) is 0 Å². The molecule has 0 N–H and O–H groups in total. The Morgan fingerprint density at radius 2 is 1.86 bits per heavy atom. The average Bonchev–Trinajstić information content (AvgIpc) is 2.60. The summed E-state index contributed by atoms with van der Waals surface area (Å²) in [5.41, 5.74) is 0.974. The fourth-order valence-electron chi connectivity index (χ4n) is 3.06. The second-order valence-electron chi connectivity index (χ2n) is 7.83. The molecule has 4 nitrogen and oxygen atoms in total. The van der Waals surface area contributed by atoms with E-state index in [2.05, 4.69) is 11.8 Å². The Morgan fingerprint density at radius 3 is 2.48 bits per heavy atom. The quantitative estimate of drug-likeness (QED) is 0.291. The van der Waals surface area contributed by atoms with Gasteiger partial charge in [0.05, 0.1) is 5.92 Å². The first kappa shape index (κ1) is 20.9. The molecule has 3 rings (SSSR count). The summed E-state index contributed by atoms with van der Waals surface area (Å²) >= 11 is 6.21. The third-order valence-corrected chi connectivity index (χ3v) is 4.49. The Morgan fingerprint density at radius 1 is 1.21 bits per heavy atom. The van der Waals surface area contributed by atoms with Crippen molar-refractivity contribution in [2.75, 3.05) is 0 Å². The minimum Gasteiger partial charge on any atom is -0.459 e. The average molecular weight is 415 g/mol. The summed E-state index contributed by atoms with van der Waals surface area (Å²) in [5, 5.41) is 0.440. The molecule has 0 amide bonds. The van der Waals surface area contributed by atoms with Crippen LogP contribution < -0.4 is 4.74 Å². The molecule has 2 aromatic rings. The van der Waals surface area contributed by atoms with Crippen LogP contribution in [0.25, 0.3) is 0 Å². The van der Waals surface area contributed by atoms with E-state index in [-0.39, 0.29) is 5.82 Å². The summed E-state index contributed by atoms with van der Waals surface area (Å²) in [5.74, 6) is 2.35. The number of hydrogen-bond donors (Lipinski definition) is 0. The number of esters is 2. The van der Waals surface area contributed by atoms with Crippen LogP contribution in [-0.4, -0.2) is 17.5 Å². The van der Waals surface area contributed by atoms with Crippen molar-refractivity contribution in [1.29, 1.82) is 0 Å². The number of ether oxygens (including phenoxy) is 2. The van der Waals surface area contributed by atoms with E-state index in [1.807, 2.05) is 0 Å². The van der Waals surface area contributed by atoms with Crippen molar-refractivity contribution >= 4 is 23.5 Å². The van der Waals surface area contributed by atoms with Gasteiger partial charge in [0.25, 0.3) is 0 Å². The number of aryl methyl sites for hydroxylation is 1. The zero-order chi connectivity index (χ0) is 21.3. The monoisotopic (exact) mass is 414 g/mol. The number of hydrogen-bond acceptors (Lipinski definition) is 4. The van der Waals surface area contributed by atoms with Crippen molar-refractivity contribution < 1.29 is 23.5 Å². The molecule has 150 valence electrons. The van der Waals surface area contributed by atoms with Crippen molar-refractivity contribution in [3.8, 4) is 17.6 Å². The number of rotatable bonds is 1. The molecule has 1 aliphatic heterocycles. The molecule has 0 bridgehead atoms. The Balaban J connectivity index is 2.10. The molecule has 2 atom stereocenters. The lowest BCUT2D eigenvalue weighted by Gasteiger charge is -2.30. The predicted molar refractivity (Wildman–Crippen MR) is 107 cm³/mol. The summed E-state index contributed by atoms with van der Waals surface area (Å²) in [4.78, 5) is 25.5. The number of carbonyl (C=O) groups is 2. The van der Waals surface area contributed by atoms with Gasteiger partial charge in [0.1, 0.15) is 17.2 Å². The Bertz CT molecular complexity index is 1030.